The first-order valence-corrected chi connectivity index (χ1v) is 6.40. The van der Waals surface area contributed by atoms with Crippen molar-refractivity contribution in [2.24, 2.45) is 0 Å². The molecule has 1 N–H and O–H groups in total. The number of nitrogens with zero attached hydrogens (tertiary/aromatic N) is 2. The Morgan fingerprint density at radius 2 is 2.05 bits per heavy atom. The molecule has 1 aromatic carbocycles. The Labute approximate surface area is 116 Å². The third kappa shape index (κ3) is 3.12. The lowest BCUT2D eigenvalue weighted by atomic mass is 10.1. The lowest BCUT2D eigenvalue weighted by Gasteiger charge is -2.17. The number of carboxylic acids is 1. The Balaban J connectivity index is 2.16. The number of hydrogen-bond acceptors (Lipinski definition) is 3. The first-order valence-electron chi connectivity index (χ1n) is 6.40. The summed E-state index contributed by atoms with van der Waals surface area (Å²) in [5.41, 5.74) is 1.37. The second-order valence-corrected chi connectivity index (χ2v) is 4.60. The molecule has 0 unspecified atom stereocenters. The van der Waals surface area contributed by atoms with Crippen LogP contribution in [-0.4, -0.2) is 40.5 Å². The number of aromatic nitrogens is 1. The molecule has 0 atom stereocenters. The molecule has 0 saturated heterocycles. The standard InChI is InChI=1S/C15H16N2O3/c1-17(10-4-8-14(18)19)15(20)12-5-2-7-13-11(12)6-3-9-16-13/h2-3,5-7,9H,4,8,10H2,1H3,(H,18,19). The molecular formula is C15H16N2O3. The van der Waals surface area contributed by atoms with Crippen LogP contribution in [0.1, 0.15) is 23.2 Å². The van der Waals surface area contributed by atoms with Crippen molar-refractivity contribution in [2.45, 2.75) is 12.8 Å². The van der Waals surface area contributed by atoms with E-state index < -0.39 is 5.97 Å². The van der Waals surface area contributed by atoms with Crippen molar-refractivity contribution in [3.8, 4) is 0 Å². The average Bonchev–Trinajstić information content (AvgIpc) is 2.45. The number of hydrogen-bond donors (Lipinski definition) is 1. The summed E-state index contributed by atoms with van der Waals surface area (Å²) in [6.07, 6.45) is 2.20. The van der Waals surface area contributed by atoms with Crippen LogP contribution in [0, 0.1) is 0 Å². The molecule has 0 aliphatic rings. The molecule has 1 amide bonds. The summed E-state index contributed by atoms with van der Waals surface area (Å²) in [5.74, 6) is -0.964. The van der Waals surface area contributed by atoms with Crippen molar-refractivity contribution < 1.29 is 14.7 Å². The van der Waals surface area contributed by atoms with Gasteiger partial charge in [-0.3, -0.25) is 14.6 Å². The van der Waals surface area contributed by atoms with E-state index in [4.69, 9.17) is 5.11 Å². The van der Waals surface area contributed by atoms with Gasteiger partial charge in [0.15, 0.2) is 0 Å². The van der Waals surface area contributed by atoms with Gasteiger partial charge in [0, 0.05) is 37.2 Å². The molecule has 1 aromatic heterocycles. The lowest BCUT2D eigenvalue weighted by Crippen LogP contribution is -2.28. The van der Waals surface area contributed by atoms with Gasteiger partial charge in [0.25, 0.3) is 5.91 Å². The Hall–Kier alpha value is -2.43. The summed E-state index contributed by atoms with van der Waals surface area (Å²) in [7, 11) is 1.68. The van der Waals surface area contributed by atoms with Crippen molar-refractivity contribution in [3.63, 3.8) is 0 Å². The molecule has 0 saturated carbocycles. The second-order valence-electron chi connectivity index (χ2n) is 4.60. The minimum atomic E-state index is -0.847. The van der Waals surface area contributed by atoms with Gasteiger partial charge >= 0.3 is 5.97 Å². The molecule has 5 nitrogen and oxygen atoms in total. The van der Waals surface area contributed by atoms with Gasteiger partial charge < -0.3 is 10.0 Å². The maximum atomic E-state index is 12.4. The first-order chi connectivity index (χ1) is 9.59. The van der Waals surface area contributed by atoms with E-state index in [0.29, 0.717) is 18.5 Å². The maximum absolute atomic E-state index is 12.4. The van der Waals surface area contributed by atoms with Gasteiger partial charge in [-0.05, 0) is 24.6 Å². The van der Waals surface area contributed by atoms with E-state index in [1.165, 1.54) is 0 Å². The minimum absolute atomic E-state index is 0.0642. The maximum Gasteiger partial charge on any atom is 0.303 e. The number of fused-ring (bicyclic) bond motifs is 1. The van der Waals surface area contributed by atoms with Crippen LogP contribution >= 0.6 is 0 Å². The molecule has 5 heteroatoms. The number of amides is 1. The van der Waals surface area contributed by atoms with Crippen LogP contribution in [0.25, 0.3) is 10.9 Å². The van der Waals surface area contributed by atoms with Crippen LogP contribution in [-0.2, 0) is 4.79 Å². The highest BCUT2D eigenvalue weighted by Gasteiger charge is 2.14. The Morgan fingerprint density at radius 1 is 1.25 bits per heavy atom. The number of aliphatic carboxylic acids is 1. The van der Waals surface area contributed by atoms with E-state index in [1.807, 2.05) is 12.1 Å². The summed E-state index contributed by atoms with van der Waals surface area (Å²) in [6.45, 7) is 0.418. The highest BCUT2D eigenvalue weighted by molar-refractivity contribution is 6.06. The van der Waals surface area contributed by atoms with Gasteiger partial charge in [-0.15, -0.1) is 0 Å². The van der Waals surface area contributed by atoms with Crippen LogP contribution < -0.4 is 0 Å². The number of benzene rings is 1. The SMILES string of the molecule is CN(CCCC(=O)O)C(=O)c1cccc2ncccc12. The third-order valence-corrected chi connectivity index (χ3v) is 3.11. The topological polar surface area (TPSA) is 70.5 Å². The number of carboxylic acid groups (broad SMARTS) is 1. The Morgan fingerprint density at radius 3 is 2.80 bits per heavy atom. The van der Waals surface area contributed by atoms with E-state index in [-0.39, 0.29) is 12.3 Å². The Bertz CT molecular complexity index is 635. The van der Waals surface area contributed by atoms with Gasteiger partial charge in [-0.2, -0.15) is 0 Å². The van der Waals surface area contributed by atoms with E-state index >= 15 is 0 Å². The number of carbonyl (C=O) groups excluding carboxylic acids is 1. The molecule has 2 rings (SSSR count). The van der Waals surface area contributed by atoms with Crippen molar-refractivity contribution in [3.05, 3.63) is 42.1 Å². The van der Waals surface area contributed by atoms with E-state index in [1.54, 1.807) is 36.3 Å². The molecule has 104 valence electrons. The zero-order valence-electron chi connectivity index (χ0n) is 11.2. The summed E-state index contributed by atoms with van der Waals surface area (Å²) < 4.78 is 0. The van der Waals surface area contributed by atoms with Crippen LogP contribution in [0.2, 0.25) is 0 Å². The zero-order chi connectivity index (χ0) is 14.5. The largest absolute Gasteiger partial charge is 0.481 e. The second kappa shape index (κ2) is 6.14. The number of carbonyl (C=O) groups is 2. The summed E-state index contributed by atoms with van der Waals surface area (Å²) >= 11 is 0. The quantitative estimate of drug-likeness (QED) is 0.905. The van der Waals surface area contributed by atoms with Gasteiger partial charge in [-0.1, -0.05) is 12.1 Å². The van der Waals surface area contributed by atoms with Gasteiger partial charge in [0.1, 0.15) is 0 Å². The van der Waals surface area contributed by atoms with Gasteiger partial charge in [-0.25, -0.2) is 0 Å². The molecule has 1 heterocycles. The molecule has 0 fully saturated rings. The predicted molar refractivity (Wildman–Crippen MR) is 75.6 cm³/mol. The van der Waals surface area contributed by atoms with Crippen molar-refractivity contribution >= 4 is 22.8 Å². The fourth-order valence-corrected chi connectivity index (χ4v) is 2.06. The fourth-order valence-electron chi connectivity index (χ4n) is 2.06. The van der Waals surface area contributed by atoms with Gasteiger partial charge in [0.2, 0.25) is 0 Å². The molecule has 0 bridgehead atoms. The van der Waals surface area contributed by atoms with Crippen LogP contribution in [0.5, 0.6) is 0 Å². The number of pyridine rings is 1. The van der Waals surface area contributed by atoms with Crippen LogP contribution in [0.15, 0.2) is 36.5 Å². The third-order valence-electron chi connectivity index (χ3n) is 3.11. The summed E-state index contributed by atoms with van der Waals surface area (Å²) in [4.78, 5) is 28.6. The molecule has 2 aromatic rings. The van der Waals surface area contributed by atoms with Crippen molar-refractivity contribution in [1.82, 2.24) is 9.88 Å². The zero-order valence-corrected chi connectivity index (χ0v) is 11.2. The summed E-state index contributed by atoms with van der Waals surface area (Å²) in [6, 6.07) is 9.08. The van der Waals surface area contributed by atoms with Crippen molar-refractivity contribution in [1.29, 1.82) is 0 Å². The predicted octanol–water partition coefficient (Wildman–Crippen LogP) is 2.17. The van der Waals surface area contributed by atoms with Crippen LogP contribution in [0.4, 0.5) is 0 Å². The fraction of sp³-hybridized carbons (Fsp3) is 0.267. The van der Waals surface area contributed by atoms with E-state index in [2.05, 4.69) is 4.98 Å². The lowest BCUT2D eigenvalue weighted by molar-refractivity contribution is -0.137. The molecule has 0 aliphatic heterocycles. The summed E-state index contributed by atoms with van der Waals surface area (Å²) in [5, 5.41) is 9.42. The molecule has 0 aliphatic carbocycles. The average molecular weight is 272 g/mol. The number of rotatable bonds is 5. The first kappa shape index (κ1) is 14.0. The monoisotopic (exact) mass is 272 g/mol. The van der Waals surface area contributed by atoms with E-state index in [9.17, 15) is 9.59 Å². The van der Waals surface area contributed by atoms with E-state index in [0.717, 1.165) is 10.9 Å². The molecule has 20 heavy (non-hydrogen) atoms. The molecule has 0 radical (unpaired) electrons. The highest BCUT2D eigenvalue weighted by Crippen LogP contribution is 2.18. The Kier molecular flexibility index (Phi) is 4.30. The molecule has 0 spiro atoms. The smallest absolute Gasteiger partial charge is 0.303 e. The van der Waals surface area contributed by atoms with Gasteiger partial charge in [0.05, 0.1) is 5.52 Å². The minimum Gasteiger partial charge on any atom is -0.481 e. The van der Waals surface area contributed by atoms with Crippen LogP contribution in [0.3, 0.4) is 0 Å². The molecular weight excluding hydrogens is 256 g/mol. The normalized spacial score (nSPS) is 10.4. The highest BCUT2D eigenvalue weighted by atomic mass is 16.4. The van der Waals surface area contributed by atoms with Crippen molar-refractivity contribution in [2.75, 3.05) is 13.6 Å².